The number of hydrogen-bond acceptors (Lipinski definition) is 7. The maximum Gasteiger partial charge on any atom is 0.509 e. The Hall–Kier alpha value is -1.92. The molecule has 23 heavy (non-hydrogen) atoms. The third-order valence-corrected chi connectivity index (χ3v) is 1.94. The van der Waals surface area contributed by atoms with E-state index in [1.54, 1.807) is 54.5 Å². The van der Waals surface area contributed by atoms with Crippen LogP contribution in [0.15, 0.2) is 12.3 Å². The zero-order chi connectivity index (χ0) is 18.1. The molecule has 0 amide bonds. The quantitative estimate of drug-likeness (QED) is 0.540. The topological polar surface area (TPSA) is 80.3 Å². The maximum atomic E-state index is 11.7. The van der Waals surface area contributed by atoms with Gasteiger partial charge in [0.2, 0.25) is 0 Å². The highest BCUT2D eigenvalue weighted by Gasteiger charge is 2.24. The van der Waals surface area contributed by atoms with Gasteiger partial charge in [0, 0.05) is 0 Å². The SMILES string of the molecule is CC=COCC(COC(=O)OC(C)(C)C)OC(=O)OC(C)(C)C. The average molecular weight is 332 g/mol. The lowest BCUT2D eigenvalue weighted by Crippen LogP contribution is -2.34. The fourth-order valence-corrected chi connectivity index (χ4v) is 1.23. The highest BCUT2D eigenvalue weighted by Crippen LogP contribution is 2.11. The van der Waals surface area contributed by atoms with Gasteiger partial charge in [0.15, 0.2) is 6.10 Å². The summed E-state index contributed by atoms with van der Waals surface area (Å²) in [5, 5.41) is 0. The van der Waals surface area contributed by atoms with E-state index in [0.717, 1.165) is 0 Å². The van der Waals surface area contributed by atoms with Gasteiger partial charge in [0.25, 0.3) is 0 Å². The fraction of sp³-hybridized carbons (Fsp3) is 0.750. The Bertz CT molecular complexity index is 402. The number of allylic oxidation sites excluding steroid dienone is 1. The number of hydrogen-bond donors (Lipinski definition) is 0. The Morgan fingerprint density at radius 1 is 0.913 bits per heavy atom. The first-order chi connectivity index (χ1) is 10.4. The molecular formula is C16H28O7. The van der Waals surface area contributed by atoms with Gasteiger partial charge in [-0.1, -0.05) is 6.08 Å². The van der Waals surface area contributed by atoms with Crippen molar-refractivity contribution in [2.45, 2.75) is 65.8 Å². The zero-order valence-electron chi connectivity index (χ0n) is 15.0. The molecule has 0 N–H and O–H groups in total. The lowest BCUT2D eigenvalue weighted by Gasteiger charge is -2.23. The summed E-state index contributed by atoms with van der Waals surface area (Å²) in [4.78, 5) is 23.2. The third-order valence-electron chi connectivity index (χ3n) is 1.94. The molecule has 0 aromatic carbocycles. The van der Waals surface area contributed by atoms with Crippen LogP contribution in [-0.4, -0.2) is 42.8 Å². The number of carbonyl (C=O) groups is 2. The minimum Gasteiger partial charge on any atom is -0.498 e. The second kappa shape index (κ2) is 9.27. The molecule has 0 aliphatic rings. The molecule has 0 aliphatic carbocycles. The summed E-state index contributed by atoms with van der Waals surface area (Å²) in [7, 11) is 0. The van der Waals surface area contributed by atoms with Crippen LogP contribution in [0.3, 0.4) is 0 Å². The summed E-state index contributed by atoms with van der Waals surface area (Å²) < 4.78 is 25.3. The van der Waals surface area contributed by atoms with Crippen molar-refractivity contribution in [2.75, 3.05) is 13.2 Å². The Morgan fingerprint density at radius 2 is 1.43 bits per heavy atom. The molecule has 7 nitrogen and oxygen atoms in total. The smallest absolute Gasteiger partial charge is 0.498 e. The summed E-state index contributed by atoms with van der Waals surface area (Å²) in [6, 6.07) is 0. The number of rotatable bonds is 6. The van der Waals surface area contributed by atoms with E-state index in [4.69, 9.17) is 23.7 Å². The fourth-order valence-electron chi connectivity index (χ4n) is 1.23. The second-order valence-electron chi connectivity index (χ2n) is 6.78. The van der Waals surface area contributed by atoms with Crippen molar-refractivity contribution >= 4 is 12.3 Å². The predicted octanol–water partition coefficient (Wildman–Crippen LogP) is 3.81. The van der Waals surface area contributed by atoms with Crippen molar-refractivity contribution in [3.8, 4) is 0 Å². The summed E-state index contributed by atoms with van der Waals surface area (Å²) in [6.07, 6.45) is 0.604. The standard InChI is InChI=1S/C16H28O7/c1-8-9-19-10-12(21-14(18)23-16(5,6)7)11-20-13(17)22-15(2,3)4/h8-9,12H,10-11H2,1-7H3. The first kappa shape index (κ1) is 21.1. The molecule has 0 aromatic rings. The van der Waals surface area contributed by atoms with Gasteiger partial charge < -0.3 is 23.7 Å². The van der Waals surface area contributed by atoms with Crippen molar-refractivity contribution < 1.29 is 33.3 Å². The van der Waals surface area contributed by atoms with Crippen LogP contribution in [-0.2, 0) is 23.7 Å². The minimum atomic E-state index is -0.862. The van der Waals surface area contributed by atoms with Crippen molar-refractivity contribution in [1.29, 1.82) is 0 Å². The molecule has 0 fully saturated rings. The molecule has 0 heterocycles. The van der Waals surface area contributed by atoms with Gasteiger partial charge in [-0.25, -0.2) is 9.59 Å². The monoisotopic (exact) mass is 332 g/mol. The van der Waals surface area contributed by atoms with Gasteiger partial charge in [-0.2, -0.15) is 0 Å². The van der Waals surface area contributed by atoms with Crippen LogP contribution in [0.2, 0.25) is 0 Å². The van der Waals surface area contributed by atoms with Gasteiger partial charge in [0.1, 0.15) is 24.4 Å². The maximum absolute atomic E-state index is 11.7. The van der Waals surface area contributed by atoms with Gasteiger partial charge >= 0.3 is 12.3 Å². The van der Waals surface area contributed by atoms with E-state index in [9.17, 15) is 9.59 Å². The molecule has 7 heteroatoms. The Kier molecular flexibility index (Phi) is 8.50. The molecular weight excluding hydrogens is 304 g/mol. The van der Waals surface area contributed by atoms with Gasteiger partial charge in [-0.15, -0.1) is 0 Å². The van der Waals surface area contributed by atoms with Crippen LogP contribution in [0.1, 0.15) is 48.5 Å². The summed E-state index contributed by atoms with van der Waals surface area (Å²) in [5.41, 5.74) is -1.35. The molecule has 1 atom stereocenters. The molecule has 0 saturated carbocycles. The molecule has 0 spiro atoms. The van der Waals surface area contributed by atoms with Crippen LogP contribution < -0.4 is 0 Å². The van der Waals surface area contributed by atoms with Crippen molar-refractivity contribution in [1.82, 2.24) is 0 Å². The first-order valence-electron chi connectivity index (χ1n) is 7.41. The Labute approximate surface area is 137 Å². The van der Waals surface area contributed by atoms with Crippen LogP contribution in [0.4, 0.5) is 9.59 Å². The Morgan fingerprint density at radius 3 is 1.91 bits per heavy atom. The van der Waals surface area contributed by atoms with E-state index in [2.05, 4.69) is 0 Å². The number of carbonyl (C=O) groups excluding carboxylic acids is 2. The van der Waals surface area contributed by atoms with Crippen molar-refractivity contribution in [2.24, 2.45) is 0 Å². The molecule has 0 saturated heterocycles. The highest BCUT2D eigenvalue weighted by atomic mass is 16.8. The molecule has 0 rings (SSSR count). The lowest BCUT2D eigenvalue weighted by molar-refractivity contribution is -0.0674. The third kappa shape index (κ3) is 13.5. The van der Waals surface area contributed by atoms with Gasteiger partial charge in [0.05, 0.1) is 6.26 Å². The van der Waals surface area contributed by atoms with E-state index in [-0.39, 0.29) is 13.2 Å². The van der Waals surface area contributed by atoms with Crippen molar-refractivity contribution in [3.63, 3.8) is 0 Å². The normalized spacial score (nSPS) is 13.3. The average Bonchev–Trinajstić information content (AvgIpc) is 2.31. The summed E-state index contributed by atoms with van der Waals surface area (Å²) >= 11 is 0. The summed E-state index contributed by atoms with van der Waals surface area (Å²) in [6.45, 7) is 11.9. The second-order valence-corrected chi connectivity index (χ2v) is 6.78. The molecule has 0 bridgehead atoms. The largest absolute Gasteiger partial charge is 0.509 e. The van der Waals surface area contributed by atoms with Crippen LogP contribution >= 0.6 is 0 Å². The predicted molar refractivity (Wildman–Crippen MR) is 84.1 cm³/mol. The van der Waals surface area contributed by atoms with Crippen LogP contribution in [0.5, 0.6) is 0 Å². The molecule has 134 valence electrons. The summed E-state index contributed by atoms with van der Waals surface area (Å²) in [5.74, 6) is 0. The van der Waals surface area contributed by atoms with E-state index >= 15 is 0 Å². The van der Waals surface area contributed by atoms with E-state index < -0.39 is 29.6 Å². The molecule has 1 unspecified atom stereocenters. The molecule has 0 aromatic heterocycles. The van der Waals surface area contributed by atoms with E-state index in [0.29, 0.717) is 0 Å². The van der Waals surface area contributed by atoms with Gasteiger partial charge in [-0.05, 0) is 48.5 Å². The minimum absolute atomic E-state index is 0.0202. The van der Waals surface area contributed by atoms with E-state index in [1.165, 1.54) is 6.26 Å². The highest BCUT2D eigenvalue weighted by molar-refractivity contribution is 5.61. The lowest BCUT2D eigenvalue weighted by atomic mass is 10.2. The van der Waals surface area contributed by atoms with Crippen LogP contribution in [0, 0.1) is 0 Å². The van der Waals surface area contributed by atoms with Crippen LogP contribution in [0.25, 0.3) is 0 Å². The molecule has 0 radical (unpaired) electrons. The number of ether oxygens (including phenoxy) is 5. The zero-order valence-corrected chi connectivity index (χ0v) is 15.0. The van der Waals surface area contributed by atoms with E-state index in [1.807, 2.05) is 0 Å². The van der Waals surface area contributed by atoms with Gasteiger partial charge in [-0.3, -0.25) is 0 Å². The Balaban J connectivity index is 4.50. The molecule has 0 aliphatic heterocycles. The first-order valence-corrected chi connectivity index (χ1v) is 7.41. The van der Waals surface area contributed by atoms with Crippen molar-refractivity contribution in [3.05, 3.63) is 12.3 Å².